The van der Waals surface area contributed by atoms with Crippen LogP contribution in [0.25, 0.3) is 0 Å². The van der Waals surface area contributed by atoms with Gasteiger partial charge >= 0.3 is 0 Å². The summed E-state index contributed by atoms with van der Waals surface area (Å²) in [7, 11) is 0. The van der Waals surface area contributed by atoms with Crippen molar-refractivity contribution in [1.29, 1.82) is 0 Å². The Balaban J connectivity index is 1.61. The van der Waals surface area contributed by atoms with Crippen LogP contribution in [0.2, 0.25) is 0 Å². The van der Waals surface area contributed by atoms with Crippen LogP contribution in [-0.2, 0) is 0 Å². The largest absolute Gasteiger partial charge is 0.494 e. The van der Waals surface area contributed by atoms with E-state index >= 15 is 0 Å². The molecule has 170 valence electrons. The lowest BCUT2D eigenvalue weighted by Gasteiger charge is -2.40. The third-order valence-corrected chi connectivity index (χ3v) is 6.35. The fourth-order valence-electron chi connectivity index (χ4n) is 4.48. The quantitative estimate of drug-likeness (QED) is 0.556. The van der Waals surface area contributed by atoms with Crippen LogP contribution in [0, 0.1) is 13.8 Å². The first-order chi connectivity index (χ1) is 15.5. The second-order valence-electron chi connectivity index (χ2n) is 8.72. The van der Waals surface area contributed by atoms with Gasteiger partial charge in [0.25, 0.3) is 0 Å². The zero-order valence-electron chi connectivity index (χ0n) is 19.8. The number of aromatic nitrogens is 4. The van der Waals surface area contributed by atoms with E-state index in [2.05, 4.69) is 83.4 Å². The molecule has 1 aliphatic heterocycles. The van der Waals surface area contributed by atoms with Crippen LogP contribution in [0.3, 0.4) is 0 Å². The fourth-order valence-corrected chi connectivity index (χ4v) is 4.48. The topological polar surface area (TPSA) is 59.3 Å². The lowest BCUT2D eigenvalue weighted by atomic mass is 10.0. The second kappa shape index (κ2) is 9.69. The number of ether oxygens (including phenoxy) is 1. The number of piperazine rings is 1. The number of hydrogen-bond acceptors (Lipinski definition) is 6. The first-order valence-electron chi connectivity index (χ1n) is 11.5. The van der Waals surface area contributed by atoms with Gasteiger partial charge in [0.15, 0.2) is 5.82 Å². The molecule has 1 fully saturated rings. The van der Waals surface area contributed by atoms with E-state index in [9.17, 15) is 0 Å². The number of benzene rings is 2. The van der Waals surface area contributed by atoms with Gasteiger partial charge < -0.3 is 9.64 Å². The monoisotopic (exact) mass is 434 g/mol. The highest BCUT2D eigenvalue weighted by molar-refractivity contribution is 5.56. The number of rotatable bonds is 7. The van der Waals surface area contributed by atoms with Crippen molar-refractivity contribution in [1.82, 2.24) is 25.1 Å². The number of tetrazole rings is 1. The second-order valence-corrected chi connectivity index (χ2v) is 8.72. The Morgan fingerprint density at radius 3 is 2.34 bits per heavy atom. The Morgan fingerprint density at radius 2 is 1.69 bits per heavy atom. The molecule has 1 aromatic heterocycles. The van der Waals surface area contributed by atoms with Gasteiger partial charge in [0.05, 0.1) is 18.7 Å². The van der Waals surface area contributed by atoms with Crippen LogP contribution in [0.1, 0.15) is 55.4 Å². The summed E-state index contributed by atoms with van der Waals surface area (Å²) in [4.78, 5) is 5.00. The molecule has 7 heteroatoms. The first kappa shape index (κ1) is 22.3. The van der Waals surface area contributed by atoms with Gasteiger partial charge in [-0.1, -0.05) is 24.3 Å². The molecular formula is C25H34N6O. The van der Waals surface area contributed by atoms with Crippen molar-refractivity contribution in [2.45, 2.75) is 46.7 Å². The molecule has 2 aromatic carbocycles. The molecule has 7 nitrogen and oxygen atoms in total. The number of aryl methyl sites for hydroxylation is 1. The molecule has 4 rings (SSSR count). The molecule has 1 aliphatic rings. The van der Waals surface area contributed by atoms with Crippen LogP contribution < -0.4 is 9.64 Å². The van der Waals surface area contributed by atoms with Gasteiger partial charge in [-0.05, 0) is 79.9 Å². The Labute approximate surface area is 191 Å². The highest BCUT2D eigenvalue weighted by atomic mass is 16.5. The van der Waals surface area contributed by atoms with E-state index in [1.807, 2.05) is 23.7 Å². The average Bonchev–Trinajstić information content (AvgIpc) is 3.28. The van der Waals surface area contributed by atoms with Gasteiger partial charge in [0, 0.05) is 31.9 Å². The molecule has 0 saturated carbocycles. The van der Waals surface area contributed by atoms with Crippen LogP contribution in [0.4, 0.5) is 5.69 Å². The molecular weight excluding hydrogens is 400 g/mol. The van der Waals surface area contributed by atoms with Crippen molar-refractivity contribution in [3.63, 3.8) is 0 Å². The Morgan fingerprint density at radius 1 is 0.969 bits per heavy atom. The molecule has 1 atom stereocenters. The summed E-state index contributed by atoms with van der Waals surface area (Å²) in [6, 6.07) is 15.2. The number of anilines is 1. The van der Waals surface area contributed by atoms with Crippen molar-refractivity contribution in [3.05, 3.63) is 65.0 Å². The normalized spacial score (nSPS) is 15.9. The van der Waals surface area contributed by atoms with E-state index in [1.165, 1.54) is 22.4 Å². The zero-order chi connectivity index (χ0) is 22.7. The van der Waals surface area contributed by atoms with E-state index in [1.54, 1.807) is 0 Å². The van der Waals surface area contributed by atoms with E-state index in [0.717, 1.165) is 37.8 Å². The van der Waals surface area contributed by atoms with Crippen molar-refractivity contribution in [2.24, 2.45) is 0 Å². The van der Waals surface area contributed by atoms with E-state index < -0.39 is 0 Å². The van der Waals surface area contributed by atoms with Crippen molar-refractivity contribution < 1.29 is 4.74 Å². The third-order valence-electron chi connectivity index (χ3n) is 6.35. The smallest absolute Gasteiger partial charge is 0.173 e. The maximum Gasteiger partial charge on any atom is 0.173 e. The van der Waals surface area contributed by atoms with E-state index in [-0.39, 0.29) is 12.1 Å². The molecule has 0 N–H and O–H groups in total. The minimum Gasteiger partial charge on any atom is -0.494 e. The summed E-state index contributed by atoms with van der Waals surface area (Å²) in [5.41, 5.74) is 5.24. The fraction of sp³-hybridized carbons (Fsp3) is 0.480. The van der Waals surface area contributed by atoms with Crippen molar-refractivity contribution in [3.8, 4) is 5.75 Å². The summed E-state index contributed by atoms with van der Waals surface area (Å²) in [6.45, 7) is 15.1. The van der Waals surface area contributed by atoms with Gasteiger partial charge in [-0.2, -0.15) is 0 Å². The van der Waals surface area contributed by atoms with Gasteiger partial charge in [-0.15, -0.1) is 5.10 Å². The third kappa shape index (κ3) is 4.48. The molecule has 1 unspecified atom stereocenters. The molecule has 0 amide bonds. The highest BCUT2D eigenvalue weighted by Gasteiger charge is 2.31. The highest BCUT2D eigenvalue weighted by Crippen LogP contribution is 2.32. The summed E-state index contributed by atoms with van der Waals surface area (Å²) in [6.07, 6.45) is 0. The first-order valence-corrected chi connectivity index (χ1v) is 11.5. The molecule has 0 radical (unpaired) electrons. The Bertz CT molecular complexity index is 1020. The Kier molecular flexibility index (Phi) is 6.74. The lowest BCUT2D eigenvalue weighted by molar-refractivity contribution is 0.199. The summed E-state index contributed by atoms with van der Waals surface area (Å²) in [5, 5.41) is 12.8. The summed E-state index contributed by atoms with van der Waals surface area (Å²) >= 11 is 0. The SMILES string of the molecule is CCOc1ccc(C(c2nnnn2C(C)C)N2CCN(c3cccc(C)c3C)CC2)cc1. The van der Waals surface area contributed by atoms with Crippen LogP contribution in [0.15, 0.2) is 42.5 Å². The van der Waals surface area contributed by atoms with Gasteiger partial charge in [-0.25, -0.2) is 4.68 Å². The van der Waals surface area contributed by atoms with E-state index in [4.69, 9.17) is 4.74 Å². The zero-order valence-corrected chi connectivity index (χ0v) is 19.8. The molecule has 3 aromatic rings. The lowest BCUT2D eigenvalue weighted by Crippen LogP contribution is -2.48. The van der Waals surface area contributed by atoms with Crippen LogP contribution >= 0.6 is 0 Å². The van der Waals surface area contributed by atoms with Crippen LogP contribution in [0.5, 0.6) is 5.75 Å². The van der Waals surface area contributed by atoms with Crippen molar-refractivity contribution in [2.75, 3.05) is 37.7 Å². The molecule has 2 heterocycles. The number of hydrogen-bond donors (Lipinski definition) is 0. The maximum atomic E-state index is 5.66. The van der Waals surface area contributed by atoms with Gasteiger partial charge in [0.2, 0.25) is 0 Å². The summed E-state index contributed by atoms with van der Waals surface area (Å²) < 4.78 is 7.60. The van der Waals surface area contributed by atoms with Gasteiger partial charge in [0.1, 0.15) is 5.75 Å². The predicted octanol–water partition coefficient (Wildman–Crippen LogP) is 4.18. The maximum absolute atomic E-state index is 5.66. The molecule has 0 aliphatic carbocycles. The number of nitrogens with zero attached hydrogens (tertiary/aromatic N) is 6. The van der Waals surface area contributed by atoms with E-state index in [0.29, 0.717) is 6.61 Å². The minimum atomic E-state index is 0.00355. The van der Waals surface area contributed by atoms with Crippen LogP contribution in [-0.4, -0.2) is 57.9 Å². The average molecular weight is 435 g/mol. The molecule has 0 spiro atoms. The predicted molar refractivity (Wildman–Crippen MR) is 127 cm³/mol. The van der Waals surface area contributed by atoms with Gasteiger partial charge in [-0.3, -0.25) is 4.90 Å². The standard InChI is InChI=1S/C25H34N6O/c1-6-32-22-12-10-21(11-13-22)24(25-26-27-28-31(25)18(2)3)30-16-14-29(15-17-30)23-9-7-8-19(4)20(23)5/h7-13,18,24H,6,14-17H2,1-5H3. The molecule has 1 saturated heterocycles. The molecule has 0 bridgehead atoms. The summed E-state index contributed by atoms with van der Waals surface area (Å²) in [5.74, 6) is 1.78. The minimum absolute atomic E-state index is 0.00355. The van der Waals surface area contributed by atoms with Crippen molar-refractivity contribution >= 4 is 5.69 Å². The molecule has 32 heavy (non-hydrogen) atoms. The Hall–Kier alpha value is -2.93.